The maximum atomic E-state index is 11.4. The molecule has 0 bridgehead atoms. The normalized spacial score (nSPS) is 10.5. The van der Waals surface area contributed by atoms with Gasteiger partial charge in [0.25, 0.3) is 0 Å². The molecule has 0 heterocycles. The second-order valence-corrected chi connectivity index (χ2v) is 5.37. The largest absolute Gasteiger partial charge is 0.381 e. The number of unbranched alkanes of at least 4 members (excludes halogenated alkanes) is 5. The van der Waals surface area contributed by atoms with E-state index in [2.05, 4.69) is 17.6 Å². The van der Waals surface area contributed by atoms with Crippen LogP contribution in [0.4, 0.5) is 4.79 Å². The summed E-state index contributed by atoms with van der Waals surface area (Å²) in [4.78, 5) is 33.2. The quantitative estimate of drug-likeness (QED) is 0.270. The fourth-order valence-corrected chi connectivity index (χ4v) is 1.93. The van der Waals surface area contributed by atoms with E-state index < -0.39 is 23.9 Å². The van der Waals surface area contributed by atoms with Crippen LogP contribution in [0.15, 0.2) is 0 Å². The first kappa shape index (κ1) is 21.2. The number of carbonyl (C=O) groups is 3. The molecular formula is C15H30N4O4. The molecule has 0 aliphatic rings. The second-order valence-electron chi connectivity index (χ2n) is 5.37. The molecule has 0 aromatic carbocycles. The van der Waals surface area contributed by atoms with Crippen LogP contribution in [-0.4, -0.2) is 43.6 Å². The summed E-state index contributed by atoms with van der Waals surface area (Å²) in [5.74, 6) is -1.98. The monoisotopic (exact) mass is 330 g/mol. The standard InChI is InChI=1S/C15H30N4O4/c1-2-3-4-5-6-7-10-23-11-8-9-18-15(22)19-12(13(16)20)14(17)21/h12H,2-11H2,1H3,(H2,16,20)(H2,17,21)(H2,18,19,22). The van der Waals surface area contributed by atoms with Gasteiger partial charge in [0.05, 0.1) is 0 Å². The molecule has 0 aliphatic carbocycles. The van der Waals surface area contributed by atoms with Crippen molar-refractivity contribution < 1.29 is 19.1 Å². The number of hydrogen-bond donors (Lipinski definition) is 4. The fraction of sp³-hybridized carbons (Fsp3) is 0.800. The Labute approximate surface area is 137 Å². The highest BCUT2D eigenvalue weighted by molar-refractivity contribution is 6.05. The highest BCUT2D eigenvalue weighted by Gasteiger charge is 2.23. The Hall–Kier alpha value is -1.83. The van der Waals surface area contributed by atoms with Crippen LogP contribution in [0.1, 0.15) is 51.9 Å². The van der Waals surface area contributed by atoms with Crippen LogP contribution in [0.5, 0.6) is 0 Å². The maximum absolute atomic E-state index is 11.4. The summed E-state index contributed by atoms with van der Waals surface area (Å²) in [5.41, 5.74) is 9.89. The minimum Gasteiger partial charge on any atom is -0.381 e. The Bertz CT molecular complexity index is 349. The van der Waals surface area contributed by atoms with E-state index in [9.17, 15) is 14.4 Å². The van der Waals surface area contributed by atoms with E-state index in [1.807, 2.05) is 0 Å². The number of hydrogen-bond acceptors (Lipinski definition) is 4. The minimum atomic E-state index is -1.50. The number of urea groups is 1. The summed E-state index contributed by atoms with van der Waals surface area (Å²) in [6.45, 7) is 3.83. The zero-order valence-corrected chi connectivity index (χ0v) is 13.9. The molecule has 0 rings (SSSR count). The SMILES string of the molecule is CCCCCCCCOCCCNC(=O)NC(C(N)=O)C(N)=O. The highest BCUT2D eigenvalue weighted by atomic mass is 16.5. The van der Waals surface area contributed by atoms with Crippen molar-refractivity contribution in [3.63, 3.8) is 0 Å². The van der Waals surface area contributed by atoms with Crippen LogP contribution < -0.4 is 22.1 Å². The molecule has 0 aromatic rings. The second kappa shape index (κ2) is 13.8. The van der Waals surface area contributed by atoms with Crippen molar-refractivity contribution in [1.82, 2.24) is 10.6 Å². The van der Waals surface area contributed by atoms with E-state index in [4.69, 9.17) is 16.2 Å². The molecule has 6 N–H and O–H groups in total. The van der Waals surface area contributed by atoms with Crippen LogP contribution in [-0.2, 0) is 14.3 Å². The summed E-state index contributed by atoms with van der Waals surface area (Å²) in [6.07, 6.45) is 7.95. The molecule has 23 heavy (non-hydrogen) atoms. The number of amides is 4. The van der Waals surface area contributed by atoms with Crippen LogP contribution in [0.3, 0.4) is 0 Å². The Kier molecular flexibility index (Phi) is 12.7. The topological polar surface area (TPSA) is 137 Å². The van der Waals surface area contributed by atoms with Crippen molar-refractivity contribution >= 4 is 17.8 Å². The number of nitrogens with two attached hydrogens (primary N) is 2. The lowest BCUT2D eigenvalue weighted by molar-refractivity contribution is -0.128. The predicted octanol–water partition coefficient (Wildman–Crippen LogP) is 0.392. The number of rotatable bonds is 14. The average Bonchev–Trinajstić information content (AvgIpc) is 2.49. The molecule has 0 unspecified atom stereocenters. The molecule has 0 aromatic heterocycles. The van der Waals surface area contributed by atoms with Crippen LogP contribution in [0.2, 0.25) is 0 Å². The molecule has 0 fully saturated rings. The Morgan fingerprint density at radius 3 is 2.09 bits per heavy atom. The smallest absolute Gasteiger partial charge is 0.315 e. The van der Waals surface area contributed by atoms with E-state index in [0.29, 0.717) is 19.6 Å². The predicted molar refractivity (Wildman–Crippen MR) is 87.5 cm³/mol. The first-order valence-electron chi connectivity index (χ1n) is 8.19. The Balaban J connectivity index is 3.49. The highest BCUT2D eigenvalue weighted by Crippen LogP contribution is 2.04. The van der Waals surface area contributed by atoms with Gasteiger partial charge in [-0.2, -0.15) is 0 Å². The van der Waals surface area contributed by atoms with Gasteiger partial charge in [0.1, 0.15) is 0 Å². The molecule has 4 amide bonds. The van der Waals surface area contributed by atoms with Gasteiger partial charge in [-0.15, -0.1) is 0 Å². The lowest BCUT2D eigenvalue weighted by Gasteiger charge is -2.12. The first-order chi connectivity index (χ1) is 11.0. The molecule has 0 spiro atoms. The fourth-order valence-electron chi connectivity index (χ4n) is 1.93. The van der Waals surface area contributed by atoms with Gasteiger partial charge < -0.3 is 26.8 Å². The van der Waals surface area contributed by atoms with E-state index in [-0.39, 0.29) is 0 Å². The van der Waals surface area contributed by atoms with Gasteiger partial charge in [-0.1, -0.05) is 39.0 Å². The summed E-state index contributed by atoms with van der Waals surface area (Å²) >= 11 is 0. The van der Waals surface area contributed by atoms with Crippen molar-refractivity contribution in [2.24, 2.45) is 11.5 Å². The lowest BCUT2D eigenvalue weighted by atomic mass is 10.1. The average molecular weight is 330 g/mol. The third kappa shape index (κ3) is 12.4. The molecule has 0 atom stereocenters. The molecule has 134 valence electrons. The molecular weight excluding hydrogens is 300 g/mol. The number of carbonyl (C=O) groups excluding carboxylic acids is 3. The zero-order chi connectivity index (χ0) is 17.5. The van der Waals surface area contributed by atoms with Gasteiger partial charge in [0.2, 0.25) is 11.8 Å². The molecule has 0 radical (unpaired) electrons. The van der Waals surface area contributed by atoms with Gasteiger partial charge in [-0.05, 0) is 12.8 Å². The van der Waals surface area contributed by atoms with Crippen molar-refractivity contribution in [3.8, 4) is 0 Å². The summed E-state index contributed by atoms with van der Waals surface area (Å²) < 4.78 is 5.46. The molecule has 0 aliphatic heterocycles. The summed E-state index contributed by atoms with van der Waals surface area (Å²) in [6, 6.07) is -2.16. The van der Waals surface area contributed by atoms with Gasteiger partial charge in [0.15, 0.2) is 6.04 Å². The van der Waals surface area contributed by atoms with E-state index in [0.717, 1.165) is 13.0 Å². The van der Waals surface area contributed by atoms with E-state index in [1.165, 1.54) is 32.1 Å². The number of nitrogens with one attached hydrogen (secondary N) is 2. The molecule has 0 saturated heterocycles. The van der Waals surface area contributed by atoms with Crippen LogP contribution in [0.25, 0.3) is 0 Å². The van der Waals surface area contributed by atoms with Crippen molar-refractivity contribution in [2.75, 3.05) is 19.8 Å². The van der Waals surface area contributed by atoms with Gasteiger partial charge in [0, 0.05) is 19.8 Å². The molecule has 0 saturated carbocycles. The molecule has 8 heteroatoms. The van der Waals surface area contributed by atoms with Crippen LogP contribution in [0, 0.1) is 0 Å². The third-order valence-electron chi connectivity index (χ3n) is 3.24. The van der Waals surface area contributed by atoms with Gasteiger partial charge in [-0.3, -0.25) is 9.59 Å². The zero-order valence-electron chi connectivity index (χ0n) is 13.9. The Morgan fingerprint density at radius 1 is 0.913 bits per heavy atom. The maximum Gasteiger partial charge on any atom is 0.315 e. The third-order valence-corrected chi connectivity index (χ3v) is 3.24. The lowest BCUT2D eigenvalue weighted by Crippen LogP contribution is -2.55. The van der Waals surface area contributed by atoms with E-state index >= 15 is 0 Å². The first-order valence-corrected chi connectivity index (χ1v) is 8.19. The van der Waals surface area contributed by atoms with Gasteiger partial charge >= 0.3 is 6.03 Å². The van der Waals surface area contributed by atoms with Crippen molar-refractivity contribution in [2.45, 2.75) is 57.9 Å². The van der Waals surface area contributed by atoms with E-state index in [1.54, 1.807) is 0 Å². The van der Waals surface area contributed by atoms with Crippen molar-refractivity contribution in [3.05, 3.63) is 0 Å². The summed E-state index contributed by atoms with van der Waals surface area (Å²) in [7, 11) is 0. The van der Waals surface area contributed by atoms with Crippen LogP contribution >= 0.6 is 0 Å². The Morgan fingerprint density at radius 2 is 1.48 bits per heavy atom. The van der Waals surface area contributed by atoms with Crippen molar-refractivity contribution in [1.29, 1.82) is 0 Å². The molecule has 8 nitrogen and oxygen atoms in total. The minimum absolute atomic E-state index is 0.368. The van der Waals surface area contributed by atoms with Gasteiger partial charge in [-0.25, -0.2) is 4.79 Å². The summed E-state index contributed by atoms with van der Waals surface area (Å²) in [5, 5.41) is 4.61. The number of primary amides is 2. The number of ether oxygens (including phenoxy) is 1.